The van der Waals surface area contributed by atoms with E-state index in [2.05, 4.69) is 26.1 Å². The first kappa shape index (κ1) is 28.6. The minimum Gasteiger partial charge on any atom is -0.450 e. The number of hydrogen-bond acceptors (Lipinski definition) is 7. The highest BCUT2D eigenvalue weighted by atomic mass is 32.2. The summed E-state index contributed by atoms with van der Waals surface area (Å²) in [6.45, 7) is 9.69. The van der Waals surface area contributed by atoms with Crippen molar-refractivity contribution in [1.29, 1.82) is 0 Å². The number of nitrogens with zero attached hydrogens (tertiary/aromatic N) is 2. The van der Waals surface area contributed by atoms with Crippen molar-refractivity contribution in [3.05, 3.63) is 45.8 Å². The third-order valence-electron chi connectivity index (χ3n) is 8.15. The number of nitrogens with two attached hydrogens (primary N) is 1. The molecule has 2 aromatic rings. The number of benzene rings is 1. The van der Waals surface area contributed by atoms with Gasteiger partial charge in [-0.2, -0.15) is 4.31 Å². The Bertz CT molecular complexity index is 1470. The Hall–Kier alpha value is -2.96. The number of thiophene rings is 1. The lowest BCUT2D eigenvalue weighted by molar-refractivity contribution is 0.0997. The van der Waals surface area contributed by atoms with Crippen LogP contribution in [0.4, 0.5) is 9.80 Å². The lowest BCUT2D eigenvalue weighted by Crippen LogP contribution is -2.37. The molecule has 2 unspecified atom stereocenters. The number of ether oxygens (including phenoxy) is 1. The van der Waals surface area contributed by atoms with E-state index in [1.807, 2.05) is 0 Å². The van der Waals surface area contributed by atoms with Gasteiger partial charge in [-0.25, -0.2) is 13.2 Å². The van der Waals surface area contributed by atoms with E-state index in [9.17, 15) is 22.8 Å². The number of carbonyl (C=O) groups excluding carboxylic acids is 3. The van der Waals surface area contributed by atoms with Crippen molar-refractivity contribution in [2.45, 2.75) is 70.9 Å². The largest absolute Gasteiger partial charge is 0.450 e. The van der Waals surface area contributed by atoms with E-state index < -0.39 is 27.9 Å². The van der Waals surface area contributed by atoms with Gasteiger partial charge in [0.25, 0.3) is 11.8 Å². The topological polar surface area (TPSA) is 139 Å². The molecular weight excluding hydrogens is 552 g/mol. The third kappa shape index (κ3) is 5.24. The van der Waals surface area contributed by atoms with E-state index in [1.165, 1.54) is 35.6 Å². The molecule has 1 aliphatic carbocycles. The zero-order valence-corrected chi connectivity index (χ0v) is 24.9. The molecule has 3 amide bonds. The van der Waals surface area contributed by atoms with Gasteiger partial charge in [0.15, 0.2) is 0 Å². The van der Waals surface area contributed by atoms with Gasteiger partial charge in [0, 0.05) is 29.6 Å². The Kier molecular flexibility index (Phi) is 7.25. The molecule has 216 valence electrons. The number of anilines is 1. The lowest BCUT2D eigenvalue weighted by atomic mass is 9.65. The molecule has 2 bridgehead atoms. The molecule has 12 heteroatoms. The number of carbonyl (C=O) groups is 3. The van der Waals surface area contributed by atoms with Gasteiger partial charge >= 0.3 is 6.09 Å². The highest BCUT2D eigenvalue weighted by Crippen LogP contribution is 2.53. The number of nitrogens with one attached hydrogen (secondary N) is 1. The fourth-order valence-electron chi connectivity index (χ4n) is 6.90. The van der Waals surface area contributed by atoms with Gasteiger partial charge in [-0.15, -0.1) is 11.3 Å². The first-order chi connectivity index (χ1) is 18.7. The number of hydrogen-bond donors (Lipinski definition) is 2. The quantitative estimate of drug-likeness (QED) is 0.519. The molecule has 2 atom stereocenters. The molecule has 1 saturated carbocycles. The van der Waals surface area contributed by atoms with Gasteiger partial charge in [0.2, 0.25) is 10.0 Å². The fourth-order valence-corrected chi connectivity index (χ4v) is 9.94. The molecule has 3 N–H and O–H groups in total. The van der Waals surface area contributed by atoms with Crippen molar-refractivity contribution < 1.29 is 27.5 Å². The summed E-state index contributed by atoms with van der Waals surface area (Å²) in [5.41, 5.74) is 6.94. The van der Waals surface area contributed by atoms with Gasteiger partial charge in [0.05, 0.1) is 23.6 Å². The minimum absolute atomic E-state index is 0.0291. The highest BCUT2D eigenvalue weighted by molar-refractivity contribution is 7.89. The number of sulfonamides is 1. The SMILES string of the molecule is CCOC(=O)N1CCc2c(sc(NC(=O)c3ccc(S(=O)(=O)N4CC5(C)CC4CC(C)(C)C5)cc3)c2C(N)=O)C1. The van der Waals surface area contributed by atoms with Gasteiger partial charge < -0.3 is 20.7 Å². The Morgan fingerprint density at radius 1 is 1.15 bits per heavy atom. The number of rotatable bonds is 6. The second-order valence-electron chi connectivity index (χ2n) is 12.2. The Balaban J connectivity index is 1.33. The second-order valence-corrected chi connectivity index (χ2v) is 15.2. The van der Waals surface area contributed by atoms with Crippen LogP contribution in [0.25, 0.3) is 0 Å². The molecule has 10 nitrogen and oxygen atoms in total. The van der Waals surface area contributed by atoms with E-state index in [-0.39, 0.29) is 46.0 Å². The van der Waals surface area contributed by atoms with E-state index in [0.29, 0.717) is 24.5 Å². The predicted octanol–water partition coefficient (Wildman–Crippen LogP) is 4.20. The normalized spacial score (nSPS) is 23.9. The van der Waals surface area contributed by atoms with E-state index in [0.717, 1.165) is 29.7 Å². The van der Waals surface area contributed by atoms with Crippen LogP contribution in [0.3, 0.4) is 0 Å². The van der Waals surface area contributed by atoms with Crippen LogP contribution in [0.15, 0.2) is 29.2 Å². The van der Waals surface area contributed by atoms with Gasteiger partial charge in [-0.3, -0.25) is 9.59 Å². The maximum atomic E-state index is 13.6. The van der Waals surface area contributed by atoms with Crippen LogP contribution in [-0.2, 0) is 27.7 Å². The van der Waals surface area contributed by atoms with Crippen molar-refractivity contribution in [3.8, 4) is 0 Å². The molecule has 3 heterocycles. The van der Waals surface area contributed by atoms with E-state index in [4.69, 9.17) is 10.5 Å². The monoisotopic (exact) mass is 588 g/mol. The van der Waals surface area contributed by atoms with Crippen LogP contribution in [-0.4, -0.2) is 61.3 Å². The average molecular weight is 589 g/mol. The van der Waals surface area contributed by atoms with Crippen LogP contribution in [0.1, 0.15) is 78.1 Å². The van der Waals surface area contributed by atoms with Crippen LogP contribution >= 0.6 is 11.3 Å². The van der Waals surface area contributed by atoms with Crippen LogP contribution in [0.5, 0.6) is 0 Å². The molecule has 5 rings (SSSR count). The summed E-state index contributed by atoms with van der Waals surface area (Å²) >= 11 is 1.20. The predicted molar refractivity (Wildman–Crippen MR) is 152 cm³/mol. The average Bonchev–Trinajstić information content (AvgIpc) is 3.36. The van der Waals surface area contributed by atoms with E-state index in [1.54, 1.807) is 16.1 Å². The summed E-state index contributed by atoms with van der Waals surface area (Å²) in [6, 6.07) is 5.86. The smallest absolute Gasteiger partial charge is 0.410 e. The number of amides is 3. The number of primary amides is 1. The lowest BCUT2D eigenvalue weighted by Gasteiger charge is -2.39. The van der Waals surface area contributed by atoms with Gasteiger partial charge in [0.1, 0.15) is 5.00 Å². The third-order valence-corrected chi connectivity index (χ3v) is 11.2. The van der Waals surface area contributed by atoms with Crippen LogP contribution in [0, 0.1) is 10.8 Å². The van der Waals surface area contributed by atoms with Gasteiger partial charge in [-0.1, -0.05) is 20.8 Å². The molecule has 40 heavy (non-hydrogen) atoms. The molecule has 1 aromatic heterocycles. The van der Waals surface area contributed by atoms with Gasteiger partial charge in [-0.05, 0) is 73.3 Å². The standard InChI is InChI=1S/C28H36N4O6S2/c1-5-38-26(35)31-11-10-20-21(14-31)39-25(22(20)23(29)33)30-24(34)17-6-8-19(9-7-17)40(36,37)32-16-28(4)13-18(32)12-27(2,3)15-28/h6-9,18H,5,10-16H2,1-4H3,(H2,29,33)(H,30,34). The number of fused-ring (bicyclic) bond motifs is 3. The minimum atomic E-state index is -3.72. The van der Waals surface area contributed by atoms with Crippen molar-refractivity contribution in [1.82, 2.24) is 9.21 Å². The summed E-state index contributed by atoms with van der Waals surface area (Å²) in [6.07, 6.45) is 2.66. The Morgan fingerprint density at radius 3 is 2.50 bits per heavy atom. The molecule has 0 spiro atoms. The fraction of sp³-hybridized carbons (Fsp3) is 0.536. The van der Waals surface area contributed by atoms with Crippen molar-refractivity contribution in [2.75, 3.05) is 25.0 Å². The summed E-state index contributed by atoms with van der Waals surface area (Å²) < 4.78 is 33.9. The van der Waals surface area contributed by atoms with E-state index >= 15 is 0 Å². The summed E-state index contributed by atoms with van der Waals surface area (Å²) in [4.78, 5) is 40.1. The maximum absolute atomic E-state index is 13.6. The zero-order chi connectivity index (χ0) is 29.0. The molecule has 1 aromatic carbocycles. The van der Waals surface area contributed by atoms with Crippen molar-refractivity contribution >= 4 is 44.3 Å². The molecule has 2 fully saturated rings. The summed E-state index contributed by atoms with van der Waals surface area (Å²) in [7, 11) is -3.72. The summed E-state index contributed by atoms with van der Waals surface area (Å²) in [5.74, 6) is -1.15. The molecule has 3 aliphatic rings. The van der Waals surface area contributed by atoms with Crippen LogP contribution in [0.2, 0.25) is 0 Å². The first-order valence-electron chi connectivity index (χ1n) is 13.5. The Morgan fingerprint density at radius 2 is 1.85 bits per heavy atom. The second kappa shape index (κ2) is 10.1. The van der Waals surface area contributed by atoms with Crippen molar-refractivity contribution in [2.24, 2.45) is 16.6 Å². The van der Waals surface area contributed by atoms with Crippen LogP contribution < -0.4 is 11.1 Å². The first-order valence-corrected chi connectivity index (χ1v) is 15.8. The zero-order valence-electron chi connectivity index (χ0n) is 23.3. The highest BCUT2D eigenvalue weighted by Gasteiger charge is 2.53. The molecule has 1 saturated heterocycles. The van der Waals surface area contributed by atoms with Crippen molar-refractivity contribution in [3.63, 3.8) is 0 Å². The molecule has 2 aliphatic heterocycles. The molecular formula is C28H36N4O6S2. The molecule has 0 radical (unpaired) electrons. The summed E-state index contributed by atoms with van der Waals surface area (Å²) in [5, 5.41) is 3.09. The maximum Gasteiger partial charge on any atom is 0.410 e. The Labute approximate surface area is 238 Å².